The van der Waals surface area contributed by atoms with Crippen molar-refractivity contribution in [2.45, 2.75) is 33.2 Å². The zero-order chi connectivity index (χ0) is 16.0. The molecule has 0 saturated heterocycles. The number of rotatable bonds is 3. The van der Waals surface area contributed by atoms with Gasteiger partial charge in [-0.1, -0.05) is 6.08 Å². The second-order valence-electron chi connectivity index (χ2n) is 6.08. The van der Waals surface area contributed by atoms with Crippen LogP contribution in [0.4, 0.5) is 5.95 Å². The molecule has 3 aromatic heterocycles. The van der Waals surface area contributed by atoms with E-state index in [1.807, 2.05) is 36.0 Å². The summed E-state index contributed by atoms with van der Waals surface area (Å²) in [4.78, 5) is 13.4. The van der Waals surface area contributed by atoms with E-state index in [1.165, 1.54) is 0 Å². The predicted molar refractivity (Wildman–Crippen MR) is 91.4 cm³/mol. The maximum Gasteiger partial charge on any atom is 0.223 e. The molecular weight excluding hydrogens is 288 g/mol. The van der Waals surface area contributed by atoms with Crippen LogP contribution in [0.3, 0.4) is 0 Å². The number of fused-ring (bicyclic) bond motifs is 2. The third-order valence-corrected chi connectivity index (χ3v) is 3.79. The van der Waals surface area contributed by atoms with Gasteiger partial charge in [-0.25, -0.2) is 19.5 Å². The van der Waals surface area contributed by atoms with Crippen LogP contribution in [0.5, 0.6) is 0 Å². The first-order valence-electron chi connectivity index (χ1n) is 7.76. The van der Waals surface area contributed by atoms with E-state index in [1.54, 1.807) is 0 Å². The molecule has 0 bridgehead atoms. The standard InChI is InChI=1S/C17H18N6.H2/c1-10(2)19-17-18-8-13-12(4-5-14(13)21-17)15-6-7-16-20-11(3)9-23(16)22-15;/h4,6-10H,5H2,1-3H3,(H,18,19,21);1H. The number of aryl methyl sites for hydroxylation is 1. The van der Waals surface area contributed by atoms with Gasteiger partial charge in [0.05, 0.1) is 23.3 Å². The van der Waals surface area contributed by atoms with Gasteiger partial charge >= 0.3 is 0 Å². The molecule has 3 aromatic rings. The third kappa shape index (κ3) is 2.46. The first kappa shape index (κ1) is 13.9. The summed E-state index contributed by atoms with van der Waals surface area (Å²) in [5.74, 6) is 0.682. The van der Waals surface area contributed by atoms with Crippen molar-refractivity contribution in [3.63, 3.8) is 0 Å². The van der Waals surface area contributed by atoms with E-state index < -0.39 is 0 Å². The first-order valence-corrected chi connectivity index (χ1v) is 7.76. The molecule has 6 heteroatoms. The molecule has 4 rings (SSSR count). The molecule has 0 aliphatic heterocycles. The van der Waals surface area contributed by atoms with Crippen LogP contribution in [0.25, 0.3) is 11.2 Å². The summed E-state index contributed by atoms with van der Waals surface area (Å²) < 4.78 is 1.82. The molecule has 23 heavy (non-hydrogen) atoms. The van der Waals surface area contributed by atoms with Gasteiger partial charge in [-0.3, -0.25) is 0 Å². The molecule has 1 aliphatic carbocycles. The van der Waals surface area contributed by atoms with Gasteiger partial charge in [-0.05, 0) is 32.9 Å². The van der Waals surface area contributed by atoms with Gasteiger partial charge in [0.15, 0.2) is 5.65 Å². The summed E-state index contributed by atoms with van der Waals surface area (Å²) in [6.45, 7) is 6.12. The molecule has 0 spiro atoms. The van der Waals surface area contributed by atoms with E-state index in [-0.39, 0.29) is 1.43 Å². The summed E-state index contributed by atoms with van der Waals surface area (Å²) in [6, 6.07) is 4.31. The zero-order valence-corrected chi connectivity index (χ0v) is 13.4. The Morgan fingerprint density at radius 2 is 2.13 bits per heavy atom. The highest BCUT2D eigenvalue weighted by Crippen LogP contribution is 2.30. The molecule has 0 atom stereocenters. The van der Waals surface area contributed by atoms with E-state index in [0.29, 0.717) is 12.0 Å². The van der Waals surface area contributed by atoms with Crippen LogP contribution in [0.1, 0.15) is 37.9 Å². The topological polar surface area (TPSA) is 68.0 Å². The van der Waals surface area contributed by atoms with Gasteiger partial charge in [-0.15, -0.1) is 0 Å². The lowest BCUT2D eigenvalue weighted by molar-refractivity contribution is 0.868. The number of anilines is 1. The molecule has 118 valence electrons. The molecule has 0 saturated carbocycles. The summed E-state index contributed by atoms with van der Waals surface area (Å²) in [5.41, 5.74) is 5.93. The number of nitrogens with zero attached hydrogens (tertiary/aromatic N) is 5. The maximum absolute atomic E-state index is 4.66. The van der Waals surface area contributed by atoms with E-state index in [2.05, 4.69) is 45.3 Å². The Balaban J connectivity index is 0.00000169. The number of nitrogens with one attached hydrogen (secondary N) is 1. The summed E-state index contributed by atoms with van der Waals surface area (Å²) in [5, 5.41) is 7.91. The van der Waals surface area contributed by atoms with Crippen molar-refractivity contribution in [2.75, 3.05) is 5.32 Å². The van der Waals surface area contributed by atoms with Crippen molar-refractivity contribution in [3.8, 4) is 0 Å². The predicted octanol–water partition coefficient (Wildman–Crippen LogP) is 2.88. The Morgan fingerprint density at radius 1 is 1.26 bits per heavy atom. The number of hydrogen-bond donors (Lipinski definition) is 1. The molecule has 1 aliphatic rings. The lowest BCUT2D eigenvalue weighted by Crippen LogP contribution is -2.13. The maximum atomic E-state index is 4.66. The van der Waals surface area contributed by atoms with Crippen molar-refractivity contribution in [2.24, 2.45) is 0 Å². The fraction of sp³-hybridized carbons (Fsp3) is 0.294. The third-order valence-electron chi connectivity index (χ3n) is 3.79. The Morgan fingerprint density at radius 3 is 2.96 bits per heavy atom. The van der Waals surface area contributed by atoms with Crippen LogP contribution >= 0.6 is 0 Å². The van der Waals surface area contributed by atoms with Crippen molar-refractivity contribution in [1.29, 1.82) is 0 Å². The van der Waals surface area contributed by atoms with E-state index >= 15 is 0 Å². The van der Waals surface area contributed by atoms with E-state index in [0.717, 1.165) is 40.3 Å². The first-order chi connectivity index (χ1) is 11.1. The van der Waals surface area contributed by atoms with Crippen LogP contribution in [0.2, 0.25) is 0 Å². The van der Waals surface area contributed by atoms with Crippen LogP contribution in [-0.2, 0) is 6.42 Å². The highest BCUT2D eigenvalue weighted by atomic mass is 15.2. The Hall–Kier alpha value is -2.76. The van der Waals surface area contributed by atoms with Crippen molar-refractivity contribution < 1.29 is 1.43 Å². The average Bonchev–Trinajstić information content (AvgIpc) is 3.07. The average molecular weight is 308 g/mol. The van der Waals surface area contributed by atoms with Gasteiger partial charge in [0.2, 0.25) is 5.95 Å². The second kappa shape index (κ2) is 5.15. The molecule has 0 amide bonds. The van der Waals surface area contributed by atoms with Crippen LogP contribution in [-0.4, -0.2) is 30.6 Å². The largest absolute Gasteiger partial charge is 0.352 e. The zero-order valence-electron chi connectivity index (χ0n) is 13.4. The van der Waals surface area contributed by atoms with Crippen molar-refractivity contribution in [3.05, 3.63) is 53.2 Å². The van der Waals surface area contributed by atoms with E-state index in [9.17, 15) is 0 Å². The van der Waals surface area contributed by atoms with Gasteiger partial charge in [0.1, 0.15) is 0 Å². The van der Waals surface area contributed by atoms with Crippen molar-refractivity contribution >= 4 is 17.2 Å². The molecule has 1 N–H and O–H groups in total. The lowest BCUT2D eigenvalue weighted by Gasteiger charge is -2.10. The lowest BCUT2D eigenvalue weighted by atomic mass is 10.1. The minimum Gasteiger partial charge on any atom is -0.352 e. The van der Waals surface area contributed by atoms with E-state index in [4.69, 9.17) is 0 Å². The molecule has 0 fully saturated rings. The van der Waals surface area contributed by atoms with Crippen molar-refractivity contribution in [1.82, 2.24) is 24.6 Å². The Kier molecular flexibility index (Phi) is 3.11. The fourth-order valence-electron chi connectivity index (χ4n) is 2.82. The number of imidazole rings is 1. The smallest absolute Gasteiger partial charge is 0.223 e. The van der Waals surface area contributed by atoms with Crippen LogP contribution in [0.15, 0.2) is 30.6 Å². The summed E-state index contributed by atoms with van der Waals surface area (Å²) >= 11 is 0. The number of hydrogen-bond acceptors (Lipinski definition) is 5. The molecule has 6 nitrogen and oxygen atoms in total. The van der Waals surface area contributed by atoms with Gasteiger partial charge in [0, 0.05) is 31.2 Å². The van der Waals surface area contributed by atoms with Gasteiger partial charge < -0.3 is 5.32 Å². The molecule has 0 radical (unpaired) electrons. The quantitative estimate of drug-likeness (QED) is 0.806. The SMILES string of the molecule is Cc1cn2nc(C3=CCc4nc(NC(C)C)ncc43)ccc2n1.[HH]. The van der Waals surface area contributed by atoms with Crippen LogP contribution < -0.4 is 5.32 Å². The molecule has 0 aromatic carbocycles. The fourth-order valence-corrected chi connectivity index (χ4v) is 2.82. The minimum atomic E-state index is 0. The molecule has 3 heterocycles. The highest BCUT2D eigenvalue weighted by molar-refractivity contribution is 5.82. The summed E-state index contributed by atoms with van der Waals surface area (Å²) in [6.07, 6.45) is 6.79. The number of aromatic nitrogens is 5. The Labute approximate surface area is 135 Å². The minimum absolute atomic E-state index is 0. The normalized spacial score (nSPS) is 13.5. The Bertz CT molecular complexity index is 928. The number of allylic oxidation sites excluding steroid dienone is 1. The van der Waals surface area contributed by atoms with Gasteiger partial charge in [0.25, 0.3) is 0 Å². The highest BCUT2D eigenvalue weighted by Gasteiger charge is 2.20. The second-order valence-corrected chi connectivity index (χ2v) is 6.08. The molecular formula is C17H20N6. The molecule has 0 unspecified atom stereocenters. The van der Waals surface area contributed by atoms with Gasteiger partial charge in [-0.2, -0.15) is 5.10 Å². The summed E-state index contributed by atoms with van der Waals surface area (Å²) in [7, 11) is 0. The van der Waals surface area contributed by atoms with Crippen LogP contribution in [0, 0.1) is 6.92 Å². The monoisotopic (exact) mass is 308 g/mol.